The minimum Gasteiger partial charge on any atom is -0.480 e. The number of anilines is 1. The lowest BCUT2D eigenvalue weighted by molar-refractivity contribution is 0.0379. The first-order valence-corrected chi connectivity index (χ1v) is 14.0. The molecular weight excluding hydrogens is 581 g/mol. The quantitative estimate of drug-likeness (QED) is 0.224. The number of fused-ring (bicyclic) bond motifs is 2. The number of aliphatic hydroxyl groups is 1. The smallest absolute Gasteiger partial charge is 0.412 e. The van der Waals surface area contributed by atoms with Gasteiger partial charge in [0.25, 0.3) is 5.88 Å². The first-order chi connectivity index (χ1) is 20.6. The number of rotatable bonds is 10. The number of aryl methyl sites for hydroxylation is 1. The van der Waals surface area contributed by atoms with E-state index < -0.39 is 30.2 Å². The number of aromatic nitrogens is 6. The average molecular weight is 610 g/mol. The Morgan fingerprint density at radius 1 is 1.00 bits per heavy atom. The minimum absolute atomic E-state index is 0.0528. The van der Waals surface area contributed by atoms with Gasteiger partial charge < -0.3 is 24.1 Å². The van der Waals surface area contributed by atoms with E-state index in [0.717, 1.165) is 11.1 Å². The normalized spacial score (nSPS) is 13.4. The second-order valence-corrected chi connectivity index (χ2v) is 10.6. The van der Waals surface area contributed by atoms with Crippen molar-refractivity contribution in [2.24, 2.45) is 0 Å². The first kappa shape index (κ1) is 29.7. The molecule has 224 valence electrons. The number of carbonyl (C=O) groups is 1. The number of hydrogen-bond donors (Lipinski definition) is 2. The standard InChI is InChI=1S/C28H28FN7O6S/c1-13-6-18(23-20(7-13)34-22(39-5)11-30-23)25-35-21-8-19(29)24(36-26(21)43-25)41-15(3)16(4)42-28(38)33-17-9-31-27(32-10-17)40-14(2)12-37/h6-11,14-16,37H,12H2,1-5H3,(H,33,38)/t14-,15-,16+/m0/s1. The maximum atomic E-state index is 15.0. The number of aliphatic hydroxyl groups excluding tert-OH is 1. The predicted octanol–water partition coefficient (Wildman–Crippen LogP) is 4.71. The van der Waals surface area contributed by atoms with Crippen molar-refractivity contribution in [3.05, 3.63) is 48.2 Å². The lowest BCUT2D eigenvalue weighted by Crippen LogP contribution is -2.33. The van der Waals surface area contributed by atoms with E-state index in [1.54, 1.807) is 20.8 Å². The van der Waals surface area contributed by atoms with Crippen LogP contribution in [-0.2, 0) is 4.74 Å². The zero-order chi connectivity index (χ0) is 30.7. The van der Waals surface area contributed by atoms with Crippen molar-refractivity contribution < 1.29 is 33.2 Å². The lowest BCUT2D eigenvalue weighted by Gasteiger charge is -2.21. The van der Waals surface area contributed by atoms with Crippen LogP contribution in [0.25, 0.3) is 32.0 Å². The van der Waals surface area contributed by atoms with Crippen molar-refractivity contribution in [1.29, 1.82) is 0 Å². The fraction of sp³-hybridized carbons (Fsp3) is 0.321. The van der Waals surface area contributed by atoms with Crippen LogP contribution < -0.4 is 19.5 Å². The number of ether oxygens (including phenoxy) is 4. The Balaban J connectivity index is 1.27. The Morgan fingerprint density at radius 3 is 2.49 bits per heavy atom. The molecule has 0 aliphatic carbocycles. The van der Waals surface area contributed by atoms with Gasteiger partial charge in [0.2, 0.25) is 5.88 Å². The molecule has 2 N–H and O–H groups in total. The third kappa shape index (κ3) is 6.84. The van der Waals surface area contributed by atoms with E-state index in [2.05, 4.69) is 35.2 Å². The van der Waals surface area contributed by atoms with Crippen LogP contribution in [0.4, 0.5) is 14.9 Å². The third-order valence-electron chi connectivity index (χ3n) is 6.20. The van der Waals surface area contributed by atoms with E-state index in [1.165, 1.54) is 43.1 Å². The summed E-state index contributed by atoms with van der Waals surface area (Å²) in [6.45, 7) is 6.64. The first-order valence-electron chi connectivity index (χ1n) is 13.2. The van der Waals surface area contributed by atoms with E-state index in [9.17, 15) is 4.79 Å². The van der Waals surface area contributed by atoms with Gasteiger partial charge in [-0.3, -0.25) is 5.32 Å². The summed E-state index contributed by atoms with van der Waals surface area (Å²) >= 11 is 1.26. The molecular formula is C28H28FN7O6S. The van der Waals surface area contributed by atoms with E-state index in [-0.39, 0.29) is 24.2 Å². The van der Waals surface area contributed by atoms with Crippen molar-refractivity contribution in [1.82, 2.24) is 29.9 Å². The maximum Gasteiger partial charge on any atom is 0.412 e. The molecule has 4 aromatic heterocycles. The Labute approximate surface area is 249 Å². The van der Waals surface area contributed by atoms with Crippen molar-refractivity contribution in [2.75, 3.05) is 19.0 Å². The monoisotopic (exact) mass is 609 g/mol. The SMILES string of the molecule is COc1cnc2c(-c3nc4cc(F)c(O[C@@H](C)[C@@H](C)OC(=O)Nc5cnc(O[C@@H](C)CO)nc5)nc4s3)cc(C)cc2n1. The van der Waals surface area contributed by atoms with Gasteiger partial charge in [-0.15, -0.1) is 0 Å². The molecule has 43 heavy (non-hydrogen) atoms. The van der Waals surface area contributed by atoms with Gasteiger partial charge in [-0.1, -0.05) is 11.3 Å². The fourth-order valence-corrected chi connectivity index (χ4v) is 4.81. The van der Waals surface area contributed by atoms with Crippen LogP contribution in [-0.4, -0.2) is 73.1 Å². The molecule has 5 aromatic rings. The molecule has 15 heteroatoms. The molecule has 4 heterocycles. The number of pyridine rings is 1. The summed E-state index contributed by atoms with van der Waals surface area (Å²) in [6.07, 6.45) is 1.40. The minimum atomic E-state index is -0.786. The molecule has 13 nitrogen and oxygen atoms in total. The van der Waals surface area contributed by atoms with E-state index in [4.69, 9.17) is 24.1 Å². The highest BCUT2D eigenvalue weighted by atomic mass is 32.1. The van der Waals surface area contributed by atoms with Gasteiger partial charge in [-0.2, -0.15) is 4.98 Å². The topological polar surface area (TPSA) is 164 Å². The molecule has 0 fully saturated rings. The van der Waals surface area contributed by atoms with Crippen molar-refractivity contribution in [3.63, 3.8) is 0 Å². The molecule has 0 bridgehead atoms. The van der Waals surface area contributed by atoms with Crippen molar-refractivity contribution in [2.45, 2.75) is 46.0 Å². The fourth-order valence-electron chi connectivity index (χ4n) is 3.88. The van der Waals surface area contributed by atoms with Crippen LogP contribution >= 0.6 is 11.3 Å². The number of methoxy groups -OCH3 is 1. The number of thiazole rings is 1. The number of nitrogens with one attached hydrogen (secondary N) is 1. The van der Waals surface area contributed by atoms with E-state index in [0.29, 0.717) is 32.3 Å². The number of hydrogen-bond acceptors (Lipinski definition) is 13. The molecule has 1 aromatic carbocycles. The van der Waals surface area contributed by atoms with Gasteiger partial charge in [0.05, 0.1) is 49.0 Å². The molecule has 5 rings (SSSR count). The molecule has 0 radical (unpaired) electrons. The van der Waals surface area contributed by atoms with Gasteiger partial charge in [-0.05, 0) is 45.4 Å². The van der Waals surface area contributed by atoms with E-state index in [1.807, 2.05) is 19.1 Å². The van der Waals surface area contributed by atoms with Crippen LogP contribution in [0.2, 0.25) is 0 Å². The highest BCUT2D eigenvalue weighted by Gasteiger charge is 2.23. The largest absolute Gasteiger partial charge is 0.480 e. The predicted molar refractivity (Wildman–Crippen MR) is 156 cm³/mol. The molecule has 0 unspecified atom stereocenters. The van der Waals surface area contributed by atoms with Crippen LogP contribution in [0, 0.1) is 12.7 Å². The second-order valence-electron chi connectivity index (χ2n) is 9.63. The summed E-state index contributed by atoms with van der Waals surface area (Å²) in [4.78, 5) is 38.7. The van der Waals surface area contributed by atoms with Gasteiger partial charge >= 0.3 is 12.1 Å². The number of benzene rings is 1. The van der Waals surface area contributed by atoms with Crippen LogP contribution in [0.15, 0.2) is 36.8 Å². The summed E-state index contributed by atoms with van der Waals surface area (Å²) in [7, 11) is 1.52. The summed E-state index contributed by atoms with van der Waals surface area (Å²) in [5, 5.41) is 12.2. The molecule has 0 saturated carbocycles. The van der Waals surface area contributed by atoms with Crippen LogP contribution in [0.5, 0.6) is 17.8 Å². The molecule has 0 spiro atoms. The van der Waals surface area contributed by atoms with Gasteiger partial charge in [0, 0.05) is 11.6 Å². The number of halogens is 1. The second kappa shape index (κ2) is 12.6. The summed E-state index contributed by atoms with van der Waals surface area (Å²) in [5.41, 5.74) is 3.60. The number of amides is 1. The Bertz CT molecular complexity index is 1770. The summed E-state index contributed by atoms with van der Waals surface area (Å²) in [5.74, 6) is -0.557. The van der Waals surface area contributed by atoms with Gasteiger partial charge in [-0.25, -0.2) is 34.1 Å². The van der Waals surface area contributed by atoms with Gasteiger partial charge in [0.15, 0.2) is 5.82 Å². The summed E-state index contributed by atoms with van der Waals surface area (Å²) < 4.78 is 36.6. The van der Waals surface area contributed by atoms with Crippen LogP contribution in [0.3, 0.4) is 0 Å². The number of carbonyl (C=O) groups excluding carboxylic acids is 1. The highest BCUT2D eigenvalue weighted by molar-refractivity contribution is 7.21. The third-order valence-corrected chi connectivity index (χ3v) is 7.20. The molecule has 1 amide bonds. The summed E-state index contributed by atoms with van der Waals surface area (Å²) in [6, 6.07) is 5.14. The average Bonchev–Trinajstić information content (AvgIpc) is 3.39. The Hall–Kier alpha value is -4.76. The Kier molecular flexibility index (Phi) is 8.73. The Morgan fingerprint density at radius 2 is 1.77 bits per heavy atom. The van der Waals surface area contributed by atoms with Gasteiger partial charge in [0.1, 0.15) is 33.7 Å². The molecule has 0 aliphatic heterocycles. The van der Waals surface area contributed by atoms with E-state index >= 15 is 4.39 Å². The van der Waals surface area contributed by atoms with Crippen molar-refractivity contribution in [3.8, 4) is 28.3 Å². The molecule has 0 saturated heterocycles. The highest BCUT2D eigenvalue weighted by Crippen LogP contribution is 2.35. The zero-order valence-electron chi connectivity index (χ0n) is 23.9. The number of nitrogens with zero attached hydrogens (tertiary/aromatic N) is 6. The maximum absolute atomic E-state index is 15.0. The molecule has 3 atom stereocenters. The molecule has 0 aliphatic rings. The van der Waals surface area contributed by atoms with Crippen molar-refractivity contribution >= 4 is 44.5 Å². The zero-order valence-corrected chi connectivity index (χ0v) is 24.7. The van der Waals surface area contributed by atoms with Crippen LogP contribution in [0.1, 0.15) is 26.3 Å². The lowest BCUT2D eigenvalue weighted by atomic mass is 10.1.